The summed E-state index contributed by atoms with van der Waals surface area (Å²) >= 11 is 0. The molecule has 0 saturated carbocycles. The van der Waals surface area contributed by atoms with Crippen LogP contribution in [0.1, 0.15) is 47.4 Å². The molecule has 1 aromatic carbocycles. The van der Waals surface area contributed by atoms with Crippen molar-refractivity contribution in [2.45, 2.75) is 32.2 Å². The number of rotatable bonds is 6. The standard InChI is InChI=1S/C14H18N2O5/c1-3-14(15,4-2)13(21)16-10-6-8(11(17)18)5-9(7-10)12(19)20/h5-7H,3-4,15H2,1-2H3,(H,16,21)(H,17,18)(H,19,20). The maximum atomic E-state index is 12.1. The zero-order chi connectivity index (χ0) is 16.2. The number of carboxylic acid groups (broad SMARTS) is 2. The number of nitrogens with one attached hydrogen (secondary N) is 1. The second kappa shape index (κ2) is 6.36. The molecule has 1 aromatic rings. The highest BCUT2D eigenvalue weighted by atomic mass is 16.4. The van der Waals surface area contributed by atoms with E-state index in [1.165, 1.54) is 12.1 Å². The van der Waals surface area contributed by atoms with Crippen molar-refractivity contribution >= 4 is 23.5 Å². The summed E-state index contributed by atoms with van der Waals surface area (Å²) in [7, 11) is 0. The van der Waals surface area contributed by atoms with Crippen molar-refractivity contribution in [2.75, 3.05) is 5.32 Å². The summed E-state index contributed by atoms with van der Waals surface area (Å²) < 4.78 is 0. The fourth-order valence-corrected chi connectivity index (χ4v) is 1.77. The van der Waals surface area contributed by atoms with Gasteiger partial charge in [0.2, 0.25) is 5.91 Å². The molecular weight excluding hydrogens is 276 g/mol. The molecule has 0 aliphatic heterocycles. The number of carbonyl (C=O) groups excluding carboxylic acids is 1. The van der Waals surface area contributed by atoms with Crippen LogP contribution < -0.4 is 11.1 Å². The van der Waals surface area contributed by atoms with Crippen LogP contribution in [-0.4, -0.2) is 33.6 Å². The molecule has 21 heavy (non-hydrogen) atoms. The average Bonchev–Trinajstić information content (AvgIpc) is 2.45. The Kier molecular flexibility index (Phi) is 5.04. The molecule has 0 heterocycles. The molecule has 0 aliphatic rings. The van der Waals surface area contributed by atoms with Crippen molar-refractivity contribution in [3.63, 3.8) is 0 Å². The van der Waals surface area contributed by atoms with Gasteiger partial charge in [-0.05, 0) is 31.0 Å². The van der Waals surface area contributed by atoms with Gasteiger partial charge in [0.05, 0.1) is 16.7 Å². The van der Waals surface area contributed by atoms with Gasteiger partial charge in [-0.3, -0.25) is 4.79 Å². The summed E-state index contributed by atoms with van der Waals surface area (Å²) in [5, 5.41) is 20.4. The Morgan fingerprint density at radius 1 is 1.05 bits per heavy atom. The van der Waals surface area contributed by atoms with Crippen LogP contribution >= 0.6 is 0 Å². The highest BCUT2D eigenvalue weighted by Crippen LogP contribution is 2.19. The molecular formula is C14H18N2O5. The van der Waals surface area contributed by atoms with Gasteiger partial charge in [-0.25, -0.2) is 9.59 Å². The fraction of sp³-hybridized carbons (Fsp3) is 0.357. The van der Waals surface area contributed by atoms with Gasteiger partial charge in [0.1, 0.15) is 0 Å². The van der Waals surface area contributed by atoms with E-state index >= 15 is 0 Å². The third-order valence-corrected chi connectivity index (χ3v) is 3.40. The lowest BCUT2D eigenvalue weighted by Gasteiger charge is -2.25. The maximum absolute atomic E-state index is 12.1. The average molecular weight is 294 g/mol. The topological polar surface area (TPSA) is 130 Å². The summed E-state index contributed by atoms with van der Waals surface area (Å²) in [5.74, 6) is -3.04. The van der Waals surface area contributed by atoms with Gasteiger partial charge in [0, 0.05) is 5.69 Å². The molecule has 1 amide bonds. The molecule has 0 fully saturated rings. The van der Waals surface area contributed by atoms with E-state index < -0.39 is 23.4 Å². The molecule has 0 saturated heterocycles. The van der Waals surface area contributed by atoms with E-state index in [0.29, 0.717) is 12.8 Å². The highest BCUT2D eigenvalue weighted by molar-refractivity contribution is 6.01. The van der Waals surface area contributed by atoms with Crippen LogP contribution in [0, 0.1) is 0 Å². The van der Waals surface area contributed by atoms with Crippen LogP contribution in [-0.2, 0) is 4.79 Å². The first-order chi connectivity index (χ1) is 9.73. The number of carboxylic acids is 2. The van der Waals surface area contributed by atoms with Gasteiger partial charge in [0.25, 0.3) is 0 Å². The van der Waals surface area contributed by atoms with Crippen LogP contribution in [0.25, 0.3) is 0 Å². The first-order valence-corrected chi connectivity index (χ1v) is 6.45. The van der Waals surface area contributed by atoms with E-state index in [9.17, 15) is 14.4 Å². The van der Waals surface area contributed by atoms with Gasteiger partial charge in [-0.1, -0.05) is 13.8 Å². The minimum atomic E-state index is -1.28. The summed E-state index contributed by atoms with van der Waals surface area (Å²) in [4.78, 5) is 34.1. The van der Waals surface area contributed by atoms with Gasteiger partial charge >= 0.3 is 11.9 Å². The van der Waals surface area contributed by atoms with E-state index in [1.54, 1.807) is 13.8 Å². The molecule has 0 unspecified atom stereocenters. The lowest BCUT2D eigenvalue weighted by molar-refractivity contribution is -0.121. The Morgan fingerprint density at radius 3 is 1.81 bits per heavy atom. The third-order valence-electron chi connectivity index (χ3n) is 3.40. The molecule has 1 rings (SSSR count). The van der Waals surface area contributed by atoms with Crippen molar-refractivity contribution < 1.29 is 24.6 Å². The van der Waals surface area contributed by atoms with Crippen molar-refractivity contribution in [3.8, 4) is 0 Å². The smallest absolute Gasteiger partial charge is 0.335 e. The second-order valence-corrected chi connectivity index (χ2v) is 4.73. The third kappa shape index (κ3) is 3.79. The molecule has 5 N–H and O–H groups in total. The summed E-state index contributed by atoms with van der Waals surface area (Å²) in [5.41, 5.74) is 4.51. The van der Waals surface area contributed by atoms with Gasteiger partial charge in [-0.15, -0.1) is 0 Å². The number of benzene rings is 1. The fourth-order valence-electron chi connectivity index (χ4n) is 1.77. The molecule has 0 aliphatic carbocycles. The number of carbonyl (C=O) groups is 3. The van der Waals surface area contributed by atoms with Crippen molar-refractivity contribution in [1.29, 1.82) is 0 Å². The monoisotopic (exact) mass is 294 g/mol. The van der Waals surface area contributed by atoms with Gasteiger partial charge in [-0.2, -0.15) is 0 Å². The van der Waals surface area contributed by atoms with E-state index in [-0.39, 0.29) is 16.8 Å². The van der Waals surface area contributed by atoms with E-state index in [2.05, 4.69) is 5.32 Å². The van der Waals surface area contributed by atoms with Crippen LogP contribution in [0.3, 0.4) is 0 Å². The summed E-state index contributed by atoms with van der Waals surface area (Å²) in [6, 6.07) is 3.41. The Hall–Kier alpha value is -2.41. The molecule has 0 radical (unpaired) electrons. The van der Waals surface area contributed by atoms with Gasteiger partial charge < -0.3 is 21.3 Å². The molecule has 0 aromatic heterocycles. The number of hydrogen-bond donors (Lipinski definition) is 4. The second-order valence-electron chi connectivity index (χ2n) is 4.73. The number of nitrogens with two attached hydrogens (primary N) is 1. The Morgan fingerprint density at radius 2 is 1.48 bits per heavy atom. The molecule has 0 atom stereocenters. The first-order valence-electron chi connectivity index (χ1n) is 6.45. The van der Waals surface area contributed by atoms with E-state index in [0.717, 1.165) is 6.07 Å². The molecule has 0 bridgehead atoms. The van der Waals surface area contributed by atoms with Crippen LogP contribution in [0.15, 0.2) is 18.2 Å². The number of anilines is 1. The summed E-state index contributed by atoms with van der Waals surface area (Å²) in [6.07, 6.45) is 0.805. The van der Waals surface area contributed by atoms with Crippen molar-refractivity contribution in [2.24, 2.45) is 5.73 Å². The zero-order valence-corrected chi connectivity index (χ0v) is 11.8. The van der Waals surface area contributed by atoms with Crippen molar-refractivity contribution in [3.05, 3.63) is 29.3 Å². The number of hydrogen-bond acceptors (Lipinski definition) is 4. The predicted molar refractivity (Wildman–Crippen MR) is 76.5 cm³/mol. The number of amides is 1. The molecule has 7 nitrogen and oxygen atoms in total. The van der Waals surface area contributed by atoms with Crippen LogP contribution in [0.4, 0.5) is 5.69 Å². The first kappa shape index (κ1) is 16.6. The largest absolute Gasteiger partial charge is 0.478 e. The predicted octanol–water partition coefficient (Wildman–Crippen LogP) is 1.54. The normalized spacial score (nSPS) is 11.0. The quantitative estimate of drug-likeness (QED) is 0.629. The Bertz CT molecular complexity index is 546. The molecule has 114 valence electrons. The minimum Gasteiger partial charge on any atom is -0.478 e. The Balaban J connectivity index is 3.16. The number of aromatic carboxylic acids is 2. The highest BCUT2D eigenvalue weighted by Gasteiger charge is 2.30. The van der Waals surface area contributed by atoms with Crippen LogP contribution in [0.2, 0.25) is 0 Å². The van der Waals surface area contributed by atoms with E-state index in [4.69, 9.17) is 15.9 Å². The zero-order valence-electron chi connectivity index (χ0n) is 11.8. The molecule has 7 heteroatoms. The minimum absolute atomic E-state index is 0.0917. The molecule has 0 spiro atoms. The van der Waals surface area contributed by atoms with Crippen LogP contribution in [0.5, 0.6) is 0 Å². The lowest BCUT2D eigenvalue weighted by Crippen LogP contribution is -2.50. The SMILES string of the molecule is CCC(N)(CC)C(=O)Nc1cc(C(=O)O)cc(C(=O)O)c1. The summed E-state index contributed by atoms with van der Waals surface area (Å²) in [6.45, 7) is 3.53. The van der Waals surface area contributed by atoms with Gasteiger partial charge in [0.15, 0.2) is 0 Å². The Labute approximate surface area is 121 Å². The maximum Gasteiger partial charge on any atom is 0.335 e. The van der Waals surface area contributed by atoms with E-state index in [1.807, 2.05) is 0 Å². The lowest BCUT2D eigenvalue weighted by atomic mass is 9.93. The van der Waals surface area contributed by atoms with Crippen molar-refractivity contribution in [1.82, 2.24) is 0 Å².